The standard InChI is InChI=1S/C25H23N7O/c1-2-6-18(7-3-1)22-14-24-28-23(15-25(32(24)30-22)31-10-12-33-13-11-31)29-27-17-19-16-26-21-9-5-4-8-20(19)21/h1-9,14-17,26H,10-13H2,(H,28,29). The van der Waals surface area contributed by atoms with Crippen molar-refractivity contribution >= 4 is 34.4 Å². The molecule has 5 aromatic rings. The summed E-state index contributed by atoms with van der Waals surface area (Å²) in [4.78, 5) is 10.3. The van der Waals surface area contributed by atoms with Crippen LogP contribution in [0.3, 0.4) is 0 Å². The van der Waals surface area contributed by atoms with Crippen molar-refractivity contribution in [2.45, 2.75) is 0 Å². The van der Waals surface area contributed by atoms with Gasteiger partial charge in [0.25, 0.3) is 0 Å². The molecule has 0 atom stereocenters. The number of hydrogen-bond donors (Lipinski definition) is 2. The van der Waals surface area contributed by atoms with Crippen molar-refractivity contribution in [2.75, 3.05) is 36.6 Å². The highest BCUT2D eigenvalue weighted by Crippen LogP contribution is 2.26. The fourth-order valence-electron chi connectivity index (χ4n) is 4.15. The van der Waals surface area contributed by atoms with Gasteiger partial charge in [-0.3, -0.25) is 5.43 Å². The maximum atomic E-state index is 5.55. The van der Waals surface area contributed by atoms with Crippen LogP contribution in [0.15, 0.2) is 78.0 Å². The molecular formula is C25H23N7O. The van der Waals surface area contributed by atoms with E-state index in [-0.39, 0.29) is 0 Å². The third-order valence-electron chi connectivity index (χ3n) is 5.82. The number of ether oxygens (including phenoxy) is 1. The molecule has 1 saturated heterocycles. The SMILES string of the molecule is C(=NNc1cc(N2CCOCC2)n2nc(-c3ccccc3)cc2n1)c1c[nH]c2ccccc12. The van der Waals surface area contributed by atoms with Crippen molar-refractivity contribution in [1.82, 2.24) is 19.6 Å². The number of rotatable bonds is 5. The number of aromatic amines is 1. The number of aromatic nitrogens is 4. The molecule has 0 bridgehead atoms. The van der Waals surface area contributed by atoms with E-state index in [1.807, 2.05) is 65.5 Å². The third-order valence-corrected chi connectivity index (χ3v) is 5.82. The fraction of sp³-hybridized carbons (Fsp3) is 0.160. The average Bonchev–Trinajstić information content (AvgIpc) is 3.49. The molecule has 0 amide bonds. The summed E-state index contributed by atoms with van der Waals surface area (Å²) in [6.07, 6.45) is 3.76. The van der Waals surface area contributed by atoms with Crippen LogP contribution in [-0.4, -0.2) is 52.1 Å². The van der Waals surface area contributed by atoms with E-state index >= 15 is 0 Å². The van der Waals surface area contributed by atoms with Gasteiger partial charge in [-0.1, -0.05) is 48.5 Å². The minimum absolute atomic E-state index is 0.666. The lowest BCUT2D eigenvalue weighted by Gasteiger charge is -2.29. The summed E-state index contributed by atoms with van der Waals surface area (Å²) in [5, 5.41) is 10.4. The van der Waals surface area contributed by atoms with Gasteiger partial charge < -0.3 is 14.6 Å². The van der Waals surface area contributed by atoms with Gasteiger partial charge in [0.15, 0.2) is 11.5 Å². The van der Waals surface area contributed by atoms with Crippen molar-refractivity contribution in [3.8, 4) is 11.3 Å². The first-order chi connectivity index (χ1) is 16.3. The zero-order chi connectivity index (χ0) is 22.0. The molecule has 4 heterocycles. The summed E-state index contributed by atoms with van der Waals surface area (Å²) in [5.41, 5.74) is 7.93. The Kier molecular flexibility index (Phi) is 4.97. The summed E-state index contributed by atoms with van der Waals surface area (Å²) in [6, 6.07) is 22.3. The van der Waals surface area contributed by atoms with Gasteiger partial charge in [0.2, 0.25) is 0 Å². The Balaban J connectivity index is 1.36. The second-order valence-corrected chi connectivity index (χ2v) is 7.92. The lowest BCUT2D eigenvalue weighted by atomic mass is 10.2. The Morgan fingerprint density at radius 3 is 2.70 bits per heavy atom. The van der Waals surface area contributed by atoms with Gasteiger partial charge in [-0.05, 0) is 6.07 Å². The van der Waals surface area contributed by atoms with Crippen molar-refractivity contribution < 1.29 is 4.74 Å². The molecule has 0 radical (unpaired) electrons. The Morgan fingerprint density at radius 1 is 1.00 bits per heavy atom. The maximum Gasteiger partial charge on any atom is 0.160 e. The molecule has 0 unspecified atom stereocenters. The fourth-order valence-corrected chi connectivity index (χ4v) is 4.15. The lowest BCUT2D eigenvalue weighted by Crippen LogP contribution is -2.37. The number of morpholine rings is 1. The van der Waals surface area contributed by atoms with E-state index in [4.69, 9.17) is 14.8 Å². The molecule has 6 rings (SSSR count). The van der Waals surface area contributed by atoms with Gasteiger partial charge in [-0.25, -0.2) is 4.98 Å². The highest BCUT2D eigenvalue weighted by molar-refractivity contribution is 5.99. The summed E-state index contributed by atoms with van der Waals surface area (Å²) >= 11 is 0. The molecule has 1 aliphatic rings. The van der Waals surface area contributed by atoms with Crippen molar-refractivity contribution in [1.29, 1.82) is 0 Å². The molecule has 8 heteroatoms. The minimum Gasteiger partial charge on any atom is -0.378 e. The van der Waals surface area contributed by atoms with Crippen LogP contribution < -0.4 is 10.3 Å². The number of H-pyrrole nitrogens is 1. The first-order valence-corrected chi connectivity index (χ1v) is 11.0. The molecule has 33 heavy (non-hydrogen) atoms. The first-order valence-electron chi connectivity index (χ1n) is 11.0. The summed E-state index contributed by atoms with van der Waals surface area (Å²) < 4.78 is 7.46. The number of nitrogens with zero attached hydrogens (tertiary/aromatic N) is 5. The van der Waals surface area contributed by atoms with Crippen LogP contribution in [0.4, 0.5) is 11.6 Å². The molecule has 1 aliphatic heterocycles. The molecule has 0 saturated carbocycles. The molecule has 2 N–H and O–H groups in total. The molecule has 2 aromatic carbocycles. The number of hydrazone groups is 1. The Labute approximate surface area is 190 Å². The smallest absolute Gasteiger partial charge is 0.160 e. The van der Waals surface area contributed by atoms with E-state index in [1.54, 1.807) is 0 Å². The van der Waals surface area contributed by atoms with Gasteiger partial charge in [0.05, 0.1) is 25.1 Å². The Hall–Kier alpha value is -4.17. The maximum absolute atomic E-state index is 5.55. The number of benzene rings is 2. The van der Waals surface area contributed by atoms with Crippen LogP contribution in [0.2, 0.25) is 0 Å². The third kappa shape index (κ3) is 3.81. The van der Waals surface area contributed by atoms with Crippen molar-refractivity contribution in [3.63, 3.8) is 0 Å². The van der Waals surface area contributed by atoms with Crippen LogP contribution in [-0.2, 0) is 4.74 Å². The summed E-state index contributed by atoms with van der Waals surface area (Å²) in [6.45, 7) is 2.99. The summed E-state index contributed by atoms with van der Waals surface area (Å²) in [7, 11) is 0. The van der Waals surface area contributed by atoms with Crippen LogP contribution in [0.5, 0.6) is 0 Å². The number of nitrogens with one attached hydrogen (secondary N) is 2. The van der Waals surface area contributed by atoms with E-state index in [0.29, 0.717) is 19.0 Å². The van der Waals surface area contributed by atoms with Crippen LogP contribution in [0.25, 0.3) is 27.8 Å². The summed E-state index contributed by atoms with van der Waals surface area (Å²) in [5.74, 6) is 1.63. The zero-order valence-corrected chi connectivity index (χ0v) is 18.0. The highest BCUT2D eigenvalue weighted by Gasteiger charge is 2.18. The quantitative estimate of drug-likeness (QED) is 0.319. The van der Waals surface area contributed by atoms with Crippen LogP contribution in [0, 0.1) is 0 Å². The predicted octanol–water partition coefficient (Wildman–Crippen LogP) is 4.16. The minimum atomic E-state index is 0.666. The molecule has 8 nitrogen and oxygen atoms in total. The Morgan fingerprint density at radius 2 is 1.82 bits per heavy atom. The van der Waals surface area contributed by atoms with Gasteiger partial charge >= 0.3 is 0 Å². The number of anilines is 2. The largest absolute Gasteiger partial charge is 0.378 e. The van der Waals surface area contributed by atoms with Gasteiger partial charge in [0.1, 0.15) is 5.82 Å². The topological polar surface area (TPSA) is 82.8 Å². The molecular weight excluding hydrogens is 414 g/mol. The second-order valence-electron chi connectivity index (χ2n) is 7.92. The number of para-hydroxylation sites is 1. The monoisotopic (exact) mass is 437 g/mol. The first kappa shape index (κ1) is 19.5. The highest BCUT2D eigenvalue weighted by atomic mass is 16.5. The zero-order valence-electron chi connectivity index (χ0n) is 18.0. The van der Waals surface area contributed by atoms with E-state index in [2.05, 4.69) is 38.6 Å². The van der Waals surface area contributed by atoms with E-state index in [1.165, 1.54) is 0 Å². The number of hydrogen-bond acceptors (Lipinski definition) is 6. The van der Waals surface area contributed by atoms with Gasteiger partial charge in [-0.15, -0.1) is 0 Å². The molecule has 164 valence electrons. The molecule has 0 aliphatic carbocycles. The van der Waals surface area contributed by atoms with E-state index < -0.39 is 0 Å². The number of fused-ring (bicyclic) bond motifs is 2. The molecule has 0 spiro atoms. The van der Waals surface area contributed by atoms with E-state index in [9.17, 15) is 0 Å². The van der Waals surface area contributed by atoms with Gasteiger partial charge in [-0.2, -0.15) is 14.7 Å². The van der Waals surface area contributed by atoms with Crippen molar-refractivity contribution in [3.05, 3.63) is 78.5 Å². The van der Waals surface area contributed by atoms with Crippen molar-refractivity contribution in [2.24, 2.45) is 5.10 Å². The average molecular weight is 438 g/mol. The van der Waals surface area contributed by atoms with Gasteiger partial charge in [0, 0.05) is 53.4 Å². The van der Waals surface area contributed by atoms with E-state index in [0.717, 1.165) is 52.3 Å². The normalized spacial score (nSPS) is 14.5. The molecule has 1 fully saturated rings. The van der Waals surface area contributed by atoms with Crippen LogP contribution >= 0.6 is 0 Å². The predicted molar refractivity (Wildman–Crippen MR) is 131 cm³/mol. The Bertz CT molecular complexity index is 1430. The lowest BCUT2D eigenvalue weighted by molar-refractivity contribution is 0.122. The second kappa shape index (κ2) is 8.40. The molecule has 3 aromatic heterocycles. The van der Waals surface area contributed by atoms with Crippen LogP contribution in [0.1, 0.15) is 5.56 Å².